The molecule has 22 heavy (non-hydrogen) atoms. The predicted octanol–water partition coefficient (Wildman–Crippen LogP) is 1.87. The highest BCUT2D eigenvalue weighted by atomic mass is 16.4. The molecule has 1 N–H and O–H groups in total. The second kappa shape index (κ2) is 5.63. The van der Waals surface area contributed by atoms with Gasteiger partial charge < -0.3 is 14.4 Å². The zero-order valence-electron chi connectivity index (χ0n) is 11.8. The summed E-state index contributed by atoms with van der Waals surface area (Å²) in [5, 5.41) is 9.46. The molecule has 1 aliphatic rings. The molecule has 1 saturated carbocycles. The molecule has 0 unspecified atom stereocenters. The van der Waals surface area contributed by atoms with E-state index in [1.54, 1.807) is 24.3 Å². The van der Waals surface area contributed by atoms with Gasteiger partial charge in [-0.05, 0) is 25.0 Å². The zero-order chi connectivity index (χ0) is 15.7. The van der Waals surface area contributed by atoms with E-state index in [1.807, 2.05) is 0 Å². The third kappa shape index (κ3) is 2.86. The minimum absolute atomic E-state index is 0.0257. The van der Waals surface area contributed by atoms with Crippen molar-refractivity contribution in [3.05, 3.63) is 46.3 Å². The number of nitrogens with zero attached hydrogens (tertiary/aromatic N) is 1. The highest BCUT2D eigenvalue weighted by Crippen LogP contribution is 2.28. The van der Waals surface area contributed by atoms with Crippen LogP contribution in [0, 0.1) is 0 Å². The van der Waals surface area contributed by atoms with Gasteiger partial charge in [0.1, 0.15) is 11.1 Å². The summed E-state index contributed by atoms with van der Waals surface area (Å²) < 4.78 is 5.17. The number of hydrogen-bond donors (Lipinski definition) is 1. The summed E-state index contributed by atoms with van der Waals surface area (Å²) >= 11 is 0. The van der Waals surface area contributed by atoms with Gasteiger partial charge in [0.25, 0.3) is 5.91 Å². The van der Waals surface area contributed by atoms with Gasteiger partial charge in [0, 0.05) is 18.0 Å². The molecule has 0 radical (unpaired) electrons. The number of carboxylic acid groups (broad SMARTS) is 1. The van der Waals surface area contributed by atoms with Gasteiger partial charge in [0.05, 0.1) is 6.42 Å². The van der Waals surface area contributed by atoms with Gasteiger partial charge in [-0.3, -0.25) is 9.59 Å². The van der Waals surface area contributed by atoms with E-state index in [4.69, 9.17) is 9.52 Å². The molecule has 2 aromatic rings. The number of carbonyl (C=O) groups excluding carboxylic acids is 1. The van der Waals surface area contributed by atoms with E-state index < -0.39 is 17.5 Å². The van der Waals surface area contributed by atoms with Crippen LogP contribution in [0.1, 0.15) is 29.6 Å². The lowest BCUT2D eigenvalue weighted by atomic mass is 10.1. The fraction of sp³-hybridized carbons (Fsp3) is 0.312. The molecular weight excluding hydrogens is 286 g/mol. The van der Waals surface area contributed by atoms with Gasteiger partial charge in [0.2, 0.25) is 0 Å². The Morgan fingerprint density at radius 3 is 2.68 bits per heavy atom. The number of rotatable bonds is 5. The van der Waals surface area contributed by atoms with Gasteiger partial charge in [0.15, 0.2) is 0 Å². The third-order valence-corrected chi connectivity index (χ3v) is 3.69. The van der Waals surface area contributed by atoms with Gasteiger partial charge >= 0.3 is 11.6 Å². The lowest BCUT2D eigenvalue weighted by Gasteiger charge is -2.21. The average Bonchev–Trinajstić information content (AvgIpc) is 3.31. The van der Waals surface area contributed by atoms with Crippen molar-refractivity contribution >= 4 is 22.8 Å². The molecule has 1 aliphatic carbocycles. The summed E-state index contributed by atoms with van der Waals surface area (Å²) in [5.41, 5.74) is -0.312. The van der Waals surface area contributed by atoms with Crippen molar-refractivity contribution in [1.29, 1.82) is 0 Å². The summed E-state index contributed by atoms with van der Waals surface area (Å²) in [6.45, 7) is 0.102. The molecule has 1 aromatic carbocycles. The highest BCUT2D eigenvalue weighted by Gasteiger charge is 2.34. The minimum atomic E-state index is -0.969. The van der Waals surface area contributed by atoms with E-state index >= 15 is 0 Å². The van der Waals surface area contributed by atoms with Crippen molar-refractivity contribution < 1.29 is 19.1 Å². The van der Waals surface area contributed by atoms with E-state index in [0.29, 0.717) is 11.0 Å². The Morgan fingerprint density at radius 1 is 1.27 bits per heavy atom. The van der Waals surface area contributed by atoms with Crippen LogP contribution in [0.15, 0.2) is 39.5 Å². The first-order valence-electron chi connectivity index (χ1n) is 7.12. The topological polar surface area (TPSA) is 87.8 Å². The fourth-order valence-corrected chi connectivity index (χ4v) is 2.42. The number of fused-ring (bicyclic) bond motifs is 1. The lowest BCUT2D eigenvalue weighted by molar-refractivity contribution is -0.137. The molecule has 1 heterocycles. The summed E-state index contributed by atoms with van der Waals surface area (Å²) in [6.07, 6.45) is 1.54. The smallest absolute Gasteiger partial charge is 0.349 e. The van der Waals surface area contributed by atoms with E-state index in [1.165, 1.54) is 11.0 Å². The predicted molar refractivity (Wildman–Crippen MR) is 78.8 cm³/mol. The summed E-state index contributed by atoms with van der Waals surface area (Å²) in [5.74, 6) is -1.42. The van der Waals surface area contributed by atoms with Crippen LogP contribution in [0.2, 0.25) is 0 Å². The molecule has 1 fully saturated rings. The number of carboxylic acids is 1. The molecule has 6 heteroatoms. The summed E-state index contributed by atoms with van der Waals surface area (Å²) in [7, 11) is 0. The Balaban J connectivity index is 1.94. The summed E-state index contributed by atoms with van der Waals surface area (Å²) in [6, 6.07) is 8.50. The molecule has 1 amide bonds. The SMILES string of the molecule is O=C(O)CCN(C(=O)c1cc2ccccc2oc1=O)C1CC1. The first kappa shape index (κ1) is 14.3. The first-order valence-corrected chi connectivity index (χ1v) is 7.12. The summed E-state index contributed by atoms with van der Waals surface area (Å²) in [4.78, 5) is 36.8. The monoisotopic (exact) mass is 301 g/mol. The highest BCUT2D eigenvalue weighted by molar-refractivity contribution is 5.97. The number of carbonyl (C=O) groups is 2. The number of benzene rings is 1. The number of hydrogen-bond acceptors (Lipinski definition) is 4. The molecule has 0 saturated heterocycles. The minimum Gasteiger partial charge on any atom is -0.481 e. The van der Waals surface area contributed by atoms with Crippen LogP contribution >= 0.6 is 0 Å². The van der Waals surface area contributed by atoms with Gasteiger partial charge in [-0.1, -0.05) is 18.2 Å². The average molecular weight is 301 g/mol. The van der Waals surface area contributed by atoms with E-state index in [9.17, 15) is 14.4 Å². The van der Waals surface area contributed by atoms with Crippen LogP contribution in [0.5, 0.6) is 0 Å². The van der Waals surface area contributed by atoms with Crippen LogP contribution in [0.4, 0.5) is 0 Å². The normalized spacial score (nSPS) is 14.0. The number of amides is 1. The number of para-hydroxylation sites is 1. The van der Waals surface area contributed by atoms with Gasteiger partial charge in [-0.15, -0.1) is 0 Å². The van der Waals surface area contributed by atoms with Crippen LogP contribution < -0.4 is 5.63 Å². The van der Waals surface area contributed by atoms with Gasteiger partial charge in [-0.25, -0.2) is 4.79 Å². The quantitative estimate of drug-likeness (QED) is 0.852. The molecular formula is C16H15NO5. The van der Waals surface area contributed by atoms with Crippen molar-refractivity contribution in [3.63, 3.8) is 0 Å². The standard InChI is InChI=1S/C16H15NO5/c18-14(19)7-8-17(11-5-6-11)15(20)12-9-10-3-1-2-4-13(10)22-16(12)21/h1-4,9,11H,5-8H2,(H,18,19). The third-order valence-electron chi connectivity index (χ3n) is 3.69. The maximum atomic E-state index is 12.6. The Hall–Kier alpha value is -2.63. The van der Waals surface area contributed by atoms with E-state index in [0.717, 1.165) is 12.8 Å². The second-order valence-electron chi connectivity index (χ2n) is 5.36. The molecule has 0 spiro atoms. The molecule has 0 atom stereocenters. The van der Waals surface area contributed by atoms with Crippen LogP contribution in [-0.2, 0) is 4.79 Å². The zero-order valence-corrected chi connectivity index (χ0v) is 11.8. The largest absolute Gasteiger partial charge is 0.481 e. The Labute approximate surface area is 126 Å². The lowest BCUT2D eigenvalue weighted by Crippen LogP contribution is -2.37. The van der Waals surface area contributed by atoms with E-state index in [2.05, 4.69) is 0 Å². The molecule has 3 rings (SSSR count). The number of aliphatic carboxylic acids is 1. The maximum Gasteiger partial charge on any atom is 0.349 e. The van der Waals surface area contributed by atoms with Crippen molar-refractivity contribution in [2.24, 2.45) is 0 Å². The molecule has 0 aliphatic heterocycles. The van der Waals surface area contributed by atoms with Crippen LogP contribution in [0.25, 0.3) is 11.0 Å². The van der Waals surface area contributed by atoms with Crippen molar-refractivity contribution in [2.45, 2.75) is 25.3 Å². The maximum absolute atomic E-state index is 12.6. The molecule has 1 aromatic heterocycles. The van der Waals surface area contributed by atoms with Crippen molar-refractivity contribution in [3.8, 4) is 0 Å². The molecule has 0 bridgehead atoms. The van der Waals surface area contributed by atoms with Crippen LogP contribution in [-0.4, -0.2) is 34.5 Å². The Bertz CT molecular complexity index is 790. The fourth-order valence-electron chi connectivity index (χ4n) is 2.42. The first-order chi connectivity index (χ1) is 10.6. The molecule has 114 valence electrons. The Kier molecular flexibility index (Phi) is 3.66. The van der Waals surface area contributed by atoms with Crippen LogP contribution in [0.3, 0.4) is 0 Å². The molecule has 6 nitrogen and oxygen atoms in total. The van der Waals surface area contributed by atoms with Crippen molar-refractivity contribution in [2.75, 3.05) is 6.54 Å². The second-order valence-corrected chi connectivity index (χ2v) is 5.36. The van der Waals surface area contributed by atoms with E-state index in [-0.39, 0.29) is 24.6 Å². The van der Waals surface area contributed by atoms with Gasteiger partial charge in [-0.2, -0.15) is 0 Å². The Morgan fingerprint density at radius 2 is 2.00 bits per heavy atom. The van der Waals surface area contributed by atoms with Crippen molar-refractivity contribution in [1.82, 2.24) is 4.90 Å².